The van der Waals surface area contributed by atoms with Crippen LogP contribution in [-0.2, 0) is 9.59 Å². The molecule has 0 radical (unpaired) electrons. The normalized spacial score (nSPS) is 12.7. The van der Waals surface area contributed by atoms with E-state index in [-0.39, 0.29) is 13.1 Å². The Morgan fingerprint density at radius 3 is 1.00 bits per heavy atom. The standard InChI is InChI=1S/C37H69F6N3O2/c1-2-3-4-5-6-8-15-22-29-44-30-23-16-10-13-20-27-33(28-21-14-11-18-25-32-46-35(48)37(41,42)43)26-19-12-7-9-17-24-31-45-34(47)36(38,39)40/h33,44H,2-32H2,1H3,(H,45,47)(H,46,48). The summed E-state index contributed by atoms with van der Waals surface area (Å²) in [5, 5.41) is 7.44. The number of nitrogens with one attached hydrogen (secondary N) is 3. The van der Waals surface area contributed by atoms with E-state index in [0.717, 1.165) is 77.3 Å². The first-order chi connectivity index (χ1) is 23.0. The first-order valence-electron chi connectivity index (χ1n) is 19.4. The van der Waals surface area contributed by atoms with Crippen molar-refractivity contribution >= 4 is 11.8 Å². The van der Waals surface area contributed by atoms with Gasteiger partial charge < -0.3 is 16.0 Å². The topological polar surface area (TPSA) is 70.2 Å². The molecular formula is C37H69F6N3O2. The molecule has 11 heteroatoms. The van der Waals surface area contributed by atoms with Crippen molar-refractivity contribution in [3.8, 4) is 0 Å². The van der Waals surface area contributed by atoms with Gasteiger partial charge in [-0.1, -0.05) is 155 Å². The van der Waals surface area contributed by atoms with Crippen molar-refractivity contribution in [2.24, 2.45) is 5.92 Å². The molecule has 1 unspecified atom stereocenters. The van der Waals surface area contributed by atoms with Crippen molar-refractivity contribution in [1.29, 1.82) is 0 Å². The molecule has 0 heterocycles. The molecule has 0 saturated heterocycles. The predicted molar refractivity (Wildman–Crippen MR) is 185 cm³/mol. The molecular weight excluding hydrogens is 632 g/mol. The van der Waals surface area contributed by atoms with Crippen LogP contribution in [0.4, 0.5) is 26.3 Å². The highest BCUT2D eigenvalue weighted by Gasteiger charge is 2.38. The Kier molecular flexibility index (Phi) is 30.5. The van der Waals surface area contributed by atoms with Crippen LogP contribution in [0, 0.1) is 5.92 Å². The zero-order chi connectivity index (χ0) is 35.8. The van der Waals surface area contributed by atoms with Gasteiger partial charge in [-0.15, -0.1) is 0 Å². The van der Waals surface area contributed by atoms with E-state index in [9.17, 15) is 35.9 Å². The van der Waals surface area contributed by atoms with Crippen LogP contribution in [0.1, 0.15) is 180 Å². The van der Waals surface area contributed by atoms with Crippen LogP contribution in [0.2, 0.25) is 0 Å². The van der Waals surface area contributed by atoms with E-state index in [1.807, 2.05) is 10.6 Å². The molecule has 286 valence electrons. The van der Waals surface area contributed by atoms with Crippen molar-refractivity contribution in [3.63, 3.8) is 0 Å². The first kappa shape index (κ1) is 46.5. The molecule has 0 saturated carbocycles. The lowest BCUT2D eigenvalue weighted by molar-refractivity contribution is -0.173. The fourth-order valence-corrected chi connectivity index (χ4v) is 6.11. The Hall–Kier alpha value is -1.52. The molecule has 0 aliphatic carbocycles. The van der Waals surface area contributed by atoms with E-state index in [4.69, 9.17) is 0 Å². The highest BCUT2D eigenvalue weighted by molar-refractivity contribution is 5.81. The number of rotatable bonds is 34. The number of carbonyl (C=O) groups excluding carboxylic acids is 2. The molecule has 3 N–H and O–H groups in total. The summed E-state index contributed by atoms with van der Waals surface area (Å²) in [4.78, 5) is 21.7. The molecule has 48 heavy (non-hydrogen) atoms. The summed E-state index contributed by atoms with van der Waals surface area (Å²) < 4.78 is 73.5. The molecule has 0 rings (SSSR count). The Labute approximate surface area is 288 Å². The Morgan fingerprint density at radius 2 is 0.688 bits per heavy atom. The minimum absolute atomic E-state index is 0.0540. The third-order valence-electron chi connectivity index (χ3n) is 9.09. The predicted octanol–water partition coefficient (Wildman–Crippen LogP) is 11.1. The van der Waals surface area contributed by atoms with Crippen molar-refractivity contribution in [1.82, 2.24) is 16.0 Å². The van der Waals surface area contributed by atoms with Crippen LogP contribution in [0.3, 0.4) is 0 Å². The van der Waals surface area contributed by atoms with Crippen LogP contribution in [-0.4, -0.2) is 50.3 Å². The second kappa shape index (κ2) is 31.5. The minimum Gasteiger partial charge on any atom is -0.348 e. The largest absolute Gasteiger partial charge is 0.471 e. The highest BCUT2D eigenvalue weighted by atomic mass is 19.4. The number of amides is 2. The van der Waals surface area contributed by atoms with Gasteiger partial charge in [0.15, 0.2) is 0 Å². The number of unbranched alkanes of at least 4 members (excludes halogenated alkanes) is 20. The van der Waals surface area contributed by atoms with E-state index >= 15 is 0 Å². The SMILES string of the molecule is CCCCCCCCCCNCCCCCCCC(CCCCCCCCNC(=O)C(F)(F)F)CCCCCCCNC(=O)C(F)(F)F. The van der Waals surface area contributed by atoms with Gasteiger partial charge in [0.2, 0.25) is 0 Å². The zero-order valence-corrected chi connectivity index (χ0v) is 30.1. The number of alkyl halides is 6. The third kappa shape index (κ3) is 31.7. The van der Waals surface area contributed by atoms with Crippen LogP contribution >= 0.6 is 0 Å². The summed E-state index contributed by atoms with van der Waals surface area (Å²) in [6, 6.07) is 0. The van der Waals surface area contributed by atoms with Gasteiger partial charge in [0.05, 0.1) is 0 Å². The van der Waals surface area contributed by atoms with Gasteiger partial charge in [0.25, 0.3) is 0 Å². The lowest BCUT2D eigenvalue weighted by Gasteiger charge is -2.17. The molecule has 2 amide bonds. The molecule has 1 atom stereocenters. The number of hydrogen-bond acceptors (Lipinski definition) is 3. The molecule has 0 bridgehead atoms. The zero-order valence-electron chi connectivity index (χ0n) is 30.1. The van der Waals surface area contributed by atoms with Gasteiger partial charge in [-0.2, -0.15) is 26.3 Å². The summed E-state index contributed by atoms with van der Waals surface area (Å²) in [5.74, 6) is -3.07. The smallest absolute Gasteiger partial charge is 0.348 e. The maximum Gasteiger partial charge on any atom is 0.471 e. The van der Waals surface area contributed by atoms with Crippen LogP contribution in [0.5, 0.6) is 0 Å². The molecule has 0 aromatic carbocycles. The summed E-state index contributed by atoms with van der Waals surface area (Å²) in [6.45, 7) is 4.60. The van der Waals surface area contributed by atoms with Gasteiger partial charge in [-0.05, 0) is 44.7 Å². The van der Waals surface area contributed by atoms with Crippen molar-refractivity contribution < 1.29 is 35.9 Å². The fraction of sp³-hybridized carbons (Fsp3) is 0.946. The second-order valence-electron chi connectivity index (χ2n) is 13.6. The van der Waals surface area contributed by atoms with Crippen molar-refractivity contribution in [3.05, 3.63) is 0 Å². The minimum atomic E-state index is -4.82. The third-order valence-corrected chi connectivity index (χ3v) is 9.09. The molecule has 0 aromatic rings. The van der Waals surface area contributed by atoms with Crippen LogP contribution < -0.4 is 16.0 Å². The number of carbonyl (C=O) groups is 2. The van der Waals surface area contributed by atoms with E-state index in [1.54, 1.807) is 0 Å². The quantitative estimate of drug-likeness (QED) is 0.0462. The summed E-state index contributed by atoms with van der Waals surface area (Å²) in [5.41, 5.74) is 0. The summed E-state index contributed by atoms with van der Waals surface area (Å²) in [7, 11) is 0. The van der Waals surface area contributed by atoms with Crippen molar-refractivity contribution in [2.75, 3.05) is 26.2 Å². The Balaban J connectivity index is 4.06. The van der Waals surface area contributed by atoms with Gasteiger partial charge in [0.1, 0.15) is 0 Å². The summed E-state index contributed by atoms with van der Waals surface area (Å²) in [6.07, 6.45) is 21.0. The molecule has 0 aromatic heterocycles. The van der Waals surface area contributed by atoms with Crippen LogP contribution in [0.25, 0.3) is 0 Å². The highest BCUT2D eigenvalue weighted by Crippen LogP contribution is 2.25. The molecule has 0 fully saturated rings. The average molecular weight is 702 g/mol. The average Bonchev–Trinajstić information content (AvgIpc) is 3.03. The maximum absolute atomic E-state index is 12.3. The van der Waals surface area contributed by atoms with E-state index in [1.165, 1.54) is 96.3 Å². The Bertz CT molecular complexity index is 750. The lowest BCUT2D eigenvalue weighted by atomic mass is 9.89. The first-order valence-corrected chi connectivity index (χ1v) is 19.4. The number of hydrogen-bond donors (Lipinski definition) is 3. The number of halogens is 6. The fourth-order valence-electron chi connectivity index (χ4n) is 6.11. The van der Waals surface area contributed by atoms with Gasteiger partial charge in [0, 0.05) is 13.1 Å². The van der Waals surface area contributed by atoms with Crippen LogP contribution in [0.15, 0.2) is 0 Å². The second-order valence-corrected chi connectivity index (χ2v) is 13.6. The van der Waals surface area contributed by atoms with Crippen molar-refractivity contribution in [2.45, 2.75) is 193 Å². The lowest BCUT2D eigenvalue weighted by Crippen LogP contribution is -2.37. The maximum atomic E-state index is 12.3. The molecule has 5 nitrogen and oxygen atoms in total. The van der Waals surface area contributed by atoms with E-state index < -0.39 is 24.2 Å². The monoisotopic (exact) mass is 702 g/mol. The molecule has 0 aliphatic rings. The van der Waals surface area contributed by atoms with E-state index in [0.29, 0.717) is 18.8 Å². The molecule has 0 spiro atoms. The van der Waals surface area contributed by atoms with Gasteiger partial charge in [-0.3, -0.25) is 9.59 Å². The van der Waals surface area contributed by atoms with Gasteiger partial charge in [-0.25, -0.2) is 0 Å². The van der Waals surface area contributed by atoms with E-state index in [2.05, 4.69) is 12.2 Å². The van der Waals surface area contributed by atoms with Gasteiger partial charge >= 0.3 is 24.2 Å². The molecule has 0 aliphatic heterocycles. The Morgan fingerprint density at radius 1 is 0.417 bits per heavy atom. The summed E-state index contributed by atoms with van der Waals surface area (Å²) >= 11 is 0.